The first kappa shape index (κ1) is 25.6. The second kappa shape index (κ2) is 10.0. The molecule has 0 saturated carbocycles. The van der Waals surface area contributed by atoms with Crippen molar-refractivity contribution in [3.05, 3.63) is 64.2 Å². The van der Waals surface area contributed by atoms with Gasteiger partial charge in [-0.25, -0.2) is 0 Å². The summed E-state index contributed by atoms with van der Waals surface area (Å²) in [4.78, 5) is 42.6. The lowest BCUT2D eigenvalue weighted by Crippen LogP contribution is -2.44. The highest BCUT2D eigenvalue weighted by Crippen LogP contribution is 2.30. The first-order chi connectivity index (χ1) is 15.9. The molecule has 1 heterocycles. The second-order valence-electron chi connectivity index (χ2n) is 8.60. The number of amides is 3. The van der Waals surface area contributed by atoms with Gasteiger partial charge in [-0.15, -0.1) is 0 Å². The zero-order chi connectivity index (χ0) is 25.2. The van der Waals surface area contributed by atoms with E-state index in [2.05, 4.69) is 0 Å². The fourth-order valence-electron chi connectivity index (χ4n) is 3.75. The minimum absolute atomic E-state index is 0.00782. The van der Waals surface area contributed by atoms with Crippen LogP contribution in [0, 0.1) is 12.8 Å². The first-order valence-electron chi connectivity index (χ1n) is 10.7. The van der Waals surface area contributed by atoms with Gasteiger partial charge in [-0.05, 0) is 48.7 Å². The summed E-state index contributed by atoms with van der Waals surface area (Å²) >= 11 is 6.16. The lowest BCUT2D eigenvalue weighted by atomic mass is 10.1. The number of carbonyl (C=O) groups is 3. The van der Waals surface area contributed by atoms with Gasteiger partial charge < -0.3 is 9.80 Å². The van der Waals surface area contributed by atoms with E-state index in [1.807, 2.05) is 13.8 Å². The Morgan fingerprint density at radius 3 is 2.47 bits per heavy atom. The summed E-state index contributed by atoms with van der Waals surface area (Å²) in [6.45, 7) is 5.07. The third-order valence-electron chi connectivity index (χ3n) is 5.46. The van der Waals surface area contributed by atoms with Crippen LogP contribution in [0.5, 0.6) is 0 Å². The molecule has 0 radical (unpaired) electrons. The highest BCUT2D eigenvalue weighted by molar-refractivity contribution is 6.31. The van der Waals surface area contributed by atoms with Crippen molar-refractivity contribution in [2.75, 3.05) is 31.2 Å². The van der Waals surface area contributed by atoms with Crippen LogP contribution in [0.3, 0.4) is 0 Å². The van der Waals surface area contributed by atoms with Crippen LogP contribution in [-0.4, -0.2) is 53.8 Å². The topological polar surface area (TPSA) is 60.9 Å². The molecule has 0 N–H and O–H groups in total. The predicted molar refractivity (Wildman–Crippen MR) is 122 cm³/mol. The van der Waals surface area contributed by atoms with Gasteiger partial charge in [0, 0.05) is 22.8 Å². The maximum atomic E-state index is 13.1. The summed E-state index contributed by atoms with van der Waals surface area (Å²) in [7, 11) is 0. The highest BCUT2D eigenvalue weighted by Gasteiger charge is 2.35. The van der Waals surface area contributed by atoms with Crippen LogP contribution in [0.25, 0.3) is 0 Å². The van der Waals surface area contributed by atoms with Gasteiger partial charge in [0.25, 0.3) is 5.91 Å². The Hall–Kier alpha value is -3.07. The minimum atomic E-state index is -4.59. The average molecular weight is 496 g/mol. The van der Waals surface area contributed by atoms with Crippen molar-refractivity contribution in [1.29, 1.82) is 0 Å². The Morgan fingerprint density at radius 2 is 1.82 bits per heavy atom. The molecule has 3 rings (SSSR count). The number of hydrogen-bond donors (Lipinski definition) is 0. The van der Waals surface area contributed by atoms with Crippen molar-refractivity contribution >= 4 is 35.0 Å². The maximum Gasteiger partial charge on any atom is 0.416 e. The van der Waals surface area contributed by atoms with Crippen molar-refractivity contribution in [3.8, 4) is 0 Å². The zero-order valence-corrected chi connectivity index (χ0v) is 19.8. The second-order valence-corrected chi connectivity index (χ2v) is 9.00. The Labute approximate surface area is 200 Å². The molecule has 6 nitrogen and oxygen atoms in total. The minimum Gasteiger partial charge on any atom is -0.329 e. The van der Waals surface area contributed by atoms with Crippen molar-refractivity contribution in [1.82, 2.24) is 9.80 Å². The Morgan fingerprint density at radius 1 is 1.15 bits per heavy atom. The summed E-state index contributed by atoms with van der Waals surface area (Å²) < 4.78 is 39.3. The molecule has 0 atom stereocenters. The SMILES string of the molecule is Cc1c(Cl)cccc1N1CN(C(=O)CN(CC(C)C)C(=O)c2cccc(C(F)(F)F)c2)CC1=O. The molecule has 1 aliphatic rings. The number of benzene rings is 2. The van der Waals surface area contributed by atoms with Crippen LogP contribution in [0.2, 0.25) is 5.02 Å². The molecular formula is C24H25ClF3N3O3. The van der Waals surface area contributed by atoms with E-state index in [1.165, 1.54) is 20.8 Å². The van der Waals surface area contributed by atoms with Gasteiger partial charge in [-0.1, -0.05) is 37.6 Å². The Bertz CT molecular complexity index is 1100. The number of rotatable bonds is 6. The van der Waals surface area contributed by atoms with Gasteiger partial charge >= 0.3 is 6.18 Å². The van der Waals surface area contributed by atoms with Crippen molar-refractivity contribution < 1.29 is 27.6 Å². The van der Waals surface area contributed by atoms with Crippen LogP contribution in [0.4, 0.5) is 18.9 Å². The van der Waals surface area contributed by atoms with Crippen LogP contribution in [-0.2, 0) is 15.8 Å². The van der Waals surface area contributed by atoms with Gasteiger partial charge in [-0.3, -0.25) is 19.3 Å². The summed E-state index contributed by atoms with van der Waals surface area (Å²) in [5.41, 5.74) is 0.198. The van der Waals surface area contributed by atoms with Crippen LogP contribution >= 0.6 is 11.6 Å². The number of halogens is 4. The smallest absolute Gasteiger partial charge is 0.329 e. The largest absolute Gasteiger partial charge is 0.416 e. The quantitative estimate of drug-likeness (QED) is 0.588. The molecule has 0 spiro atoms. The molecule has 1 saturated heterocycles. The van der Waals surface area contributed by atoms with Crippen LogP contribution in [0.15, 0.2) is 42.5 Å². The maximum absolute atomic E-state index is 13.1. The normalized spacial score (nSPS) is 14.2. The standard InChI is InChI=1S/C24H25ClF3N3O3/c1-15(2)11-29(23(34)17-6-4-7-18(10-17)24(26,27)28)12-21(32)30-13-22(33)31(14-30)20-9-5-8-19(25)16(20)3/h4-10,15H,11-14H2,1-3H3. The zero-order valence-electron chi connectivity index (χ0n) is 19.0. The monoisotopic (exact) mass is 495 g/mol. The summed E-state index contributed by atoms with van der Waals surface area (Å²) in [5.74, 6) is -1.48. The van der Waals surface area contributed by atoms with Gasteiger partial charge in [0.05, 0.1) is 5.56 Å². The van der Waals surface area contributed by atoms with E-state index >= 15 is 0 Å². The average Bonchev–Trinajstić information content (AvgIpc) is 3.15. The molecule has 1 aliphatic heterocycles. The van der Waals surface area contributed by atoms with Gasteiger partial charge in [0.15, 0.2) is 0 Å². The first-order valence-corrected chi connectivity index (χ1v) is 11.1. The van der Waals surface area contributed by atoms with Gasteiger partial charge in [0.1, 0.15) is 19.8 Å². The van der Waals surface area contributed by atoms with Crippen molar-refractivity contribution in [3.63, 3.8) is 0 Å². The van der Waals surface area contributed by atoms with Crippen molar-refractivity contribution in [2.24, 2.45) is 5.92 Å². The Balaban J connectivity index is 1.78. The molecule has 1 fully saturated rings. The molecule has 0 bridgehead atoms. The molecule has 2 aromatic rings. The number of carbonyl (C=O) groups excluding carboxylic acids is 3. The molecule has 3 amide bonds. The fourth-order valence-corrected chi connectivity index (χ4v) is 3.92. The van der Waals surface area contributed by atoms with Crippen LogP contribution < -0.4 is 4.90 Å². The molecular weight excluding hydrogens is 471 g/mol. The summed E-state index contributed by atoms with van der Waals surface area (Å²) in [6.07, 6.45) is -4.59. The number of nitrogens with zero attached hydrogens (tertiary/aromatic N) is 3. The van der Waals surface area contributed by atoms with Crippen molar-refractivity contribution in [2.45, 2.75) is 26.9 Å². The van der Waals surface area contributed by atoms with E-state index in [0.717, 1.165) is 18.2 Å². The lowest BCUT2D eigenvalue weighted by Gasteiger charge is -2.27. The molecule has 2 aromatic carbocycles. The molecule has 0 unspecified atom stereocenters. The molecule has 0 aliphatic carbocycles. The van der Waals surface area contributed by atoms with E-state index in [-0.39, 0.29) is 43.7 Å². The van der Waals surface area contributed by atoms with Gasteiger partial charge in [-0.2, -0.15) is 13.2 Å². The molecule has 0 aromatic heterocycles. The van der Waals surface area contributed by atoms with E-state index < -0.39 is 23.6 Å². The third kappa shape index (κ3) is 5.70. The molecule has 10 heteroatoms. The highest BCUT2D eigenvalue weighted by atomic mass is 35.5. The predicted octanol–water partition coefficient (Wildman–Crippen LogP) is 4.60. The lowest BCUT2D eigenvalue weighted by molar-refractivity contribution is -0.137. The van der Waals surface area contributed by atoms with Crippen LogP contribution in [0.1, 0.15) is 35.3 Å². The molecule has 182 valence electrons. The van der Waals surface area contributed by atoms with E-state index in [9.17, 15) is 27.6 Å². The summed E-state index contributed by atoms with van der Waals surface area (Å²) in [5, 5.41) is 0.491. The van der Waals surface area contributed by atoms with E-state index in [1.54, 1.807) is 25.1 Å². The fraction of sp³-hybridized carbons (Fsp3) is 0.375. The van der Waals surface area contributed by atoms with Gasteiger partial charge in [0.2, 0.25) is 11.8 Å². The number of alkyl halides is 3. The summed E-state index contributed by atoms with van der Waals surface area (Å²) in [6, 6.07) is 9.26. The Kier molecular flexibility index (Phi) is 7.55. The molecule has 34 heavy (non-hydrogen) atoms. The van der Waals surface area contributed by atoms with E-state index in [4.69, 9.17) is 11.6 Å². The third-order valence-corrected chi connectivity index (χ3v) is 5.87. The number of anilines is 1. The van der Waals surface area contributed by atoms with E-state index in [0.29, 0.717) is 16.3 Å². The number of hydrogen-bond acceptors (Lipinski definition) is 3.